The first-order valence-corrected chi connectivity index (χ1v) is 6.03. The molecule has 0 aliphatic carbocycles. The van der Waals surface area contributed by atoms with Crippen LogP contribution in [0.2, 0.25) is 0 Å². The molecule has 0 bridgehead atoms. The first kappa shape index (κ1) is 14.6. The number of hydrazone groups is 1. The normalized spacial score (nSPS) is 11.9. The molecule has 0 fully saturated rings. The fraction of sp³-hybridized carbons (Fsp3) is 0.214. The third-order valence-electron chi connectivity index (χ3n) is 2.15. The summed E-state index contributed by atoms with van der Waals surface area (Å²) in [6.45, 7) is 7.86. The molecule has 0 aliphatic heterocycles. The maximum Gasteiger partial charge on any atom is 0.235 e. The molecule has 4 N–H and O–H groups in total. The van der Waals surface area contributed by atoms with Gasteiger partial charge in [-0.15, -0.1) is 5.10 Å². The van der Waals surface area contributed by atoms with Crippen molar-refractivity contribution in [2.75, 3.05) is 12.0 Å². The van der Waals surface area contributed by atoms with Gasteiger partial charge >= 0.3 is 0 Å². The predicted molar refractivity (Wildman–Crippen MR) is 79.3 cm³/mol. The summed E-state index contributed by atoms with van der Waals surface area (Å²) in [5, 5.41) is 7.04. The van der Waals surface area contributed by atoms with Gasteiger partial charge in [0, 0.05) is 11.8 Å². The highest BCUT2D eigenvalue weighted by Crippen LogP contribution is 2.06. The molecule has 0 radical (unpaired) electrons. The average Bonchev–Trinajstić information content (AvgIpc) is 2.42. The van der Waals surface area contributed by atoms with E-state index in [9.17, 15) is 0 Å². The molecule has 1 rings (SSSR count). The monoisotopic (exact) mass is 260 g/mol. The van der Waals surface area contributed by atoms with E-state index >= 15 is 0 Å². The summed E-state index contributed by atoms with van der Waals surface area (Å²) in [5.74, 6) is 0.867. The second-order valence-electron chi connectivity index (χ2n) is 3.82. The molecule has 1 aromatic carbocycles. The Bertz CT molecular complexity index is 466. The van der Waals surface area contributed by atoms with E-state index in [1.54, 1.807) is 6.20 Å². The van der Waals surface area contributed by atoms with Crippen LogP contribution in [0, 0.1) is 0 Å². The topological polar surface area (TPSA) is 71.7 Å². The number of benzene rings is 1. The summed E-state index contributed by atoms with van der Waals surface area (Å²) in [7, 11) is 0. The van der Waals surface area contributed by atoms with Crippen molar-refractivity contribution < 1.29 is 4.74 Å². The van der Waals surface area contributed by atoms with Crippen molar-refractivity contribution in [2.24, 2.45) is 10.8 Å². The summed E-state index contributed by atoms with van der Waals surface area (Å²) in [4.78, 5) is 0. The SMILES string of the molecule is C=C(N)N/C=C(C)/C(=N\Nc1ccccc1)OCC. The van der Waals surface area contributed by atoms with Gasteiger partial charge in [0.2, 0.25) is 5.90 Å². The third kappa shape index (κ3) is 5.63. The van der Waals surface area contributed by atoms with Crippen LogP contribution in [0.3, 0.4) is 0 Å². The number of anilines is 1. The Morgan fingerprint density at radius 2 is 2.11 bits per heavy atom. The second kappa shape index (κ2) is 7.81. The zero-order chi connectivity index (χ0) is 14.1. The molecule has 102 valence electrons. The smallest absolute Gasteiger partial charge is 0.235 e. The number of ether oxygens (including phenoxy) is 1. The quantitative estimate of drug-likeness (QED) is 0.417. The molecule has 0 saturated heterocycles. The van der Waals surface area contributed by atoms with Crippen LogP contribution in [0.4, 0.5) is 5.69 Å². The van der Waals surface area contributed by atoms with Gasteiger partial charge in [-0.25, -0.2) is 0 Å². The molecule has 0 atom stereocenters. The summed E-state index contributed by atoms with van der Waals surface area (Å²) < 4.78 is 5.47. The van der Waals surface area contributed by atoms with Gasteiger partial charge in [-0.1, -0.05) is 24.8 Å². The first-order valence-electron chi connectivity index (χ1n) is 6.03. The molecular formula is C14H20N4O. The molecule has 1 aromatic rings. The molecule has 0 saturated carbocycles. The van der Waals surface area contributed by atoms with Gasteiger partial charge in [-0.3, -0.25) is 5.43 Å². The van der Waals surface area contributed by atoms with Gasteiger partial charge in [-0.2, -0.15) is 0 Å². The first-order chi connectivity index (χ1) is 9.13. The Balaban J connectivity index is 2.76. The molecule has 0 spiro atoms. The Morgan fingerprint density at radius 1 is 1.42 bits per heavy atom. The Labute approximate surface area is 113 Å². The lowest BCUT2D eigenvalue weighted by Crippen LogP contribution is -2.16. The van der Waals surface area contributed by atoms with Gasteiger partial charge in [0.05, 0.1) is 18.1 Å². The molecular weight excluding hydrogens is 240 g/mol. The molecule has 19 heavy (non-hydrogen) atoms. The number of para-hydroxylation sites is 1. The van der Waals surface area contributed by atoms with Crippen LogP contribution in [0.25, 0.3) is 0 Å². The van der Waals surface area contributed by atoms with Gasteiger partial charge in [0.15, 0.2) is 0 Å². The molecule has 0 aliphatic rings. The van der Waals surface area contributed by atoms with Crippen molar-refractivity contribution >= 4 is 11.6 Å². The Morgan fingerprint density at radius 3 is 2.68 bits per heavy atom. The van der Waals surface area contributed by atoms with Crippen LogP contribution in [0.1, 0.15) is 13.8 Å². The van der Waals surface area contributed by atoms with Gasteiger partial charge < -0.3 is 15.8 Å². The highest BCUT2D eigenvalue weighted by Gasteiger charge is 2.03. The number of nitrogens with one attached hydrogen (secondary N) is 2. The minimum absolute atomic E-state index is 0.367. The minimum Gasteiger partial charge on any atom is -0.477 e. The van der Waals surface area contributed by atoms with E-state index < -0.39 is 0 Å². The third-order valence-corrected chi connectivity index (χ3v) is 2.15. The molecule has 5 nitrogen and oxygen atoms in total. The molecule has 5 heteroatoms. The van der Waals surface area contributed by atoms with E-state index in [1.165, 1.54) is 0 Å². The lowest BCUT2D eigenvalue weighted by atomic mass is 10.3. The number of hydrogen-bond donors (Lipinski definition) is 3. The van der Waals surface area contributed by atoms with Crippen molar-refractivity contribution in [3.05, 3.63) is 54.5 Å². The lowest BCUT2D eigenvalue weighted by molar-refractivity contribution is 0.327. The largest absolute Gasteiger partial charge is 0.477 e. The van der Waals surface area contributed by atoms with Crippen molar-refractivity contribution in [1.82, 2.24) is 5.32 Å². The highest BCUT2D eigenvalue weighted by atomic mass is 16.5. The van der Waals surface area contributed by atoms with E-state index in [2.05, 4.69) is 22.4 Å². The van der Waals surface area contributed by atoms with Crippen molar-refractivity contribution in [3.8, 4) is 0 Å². The summed E-state index contributed by atoms with van der Waals surface area (Å²) >= 11 is 0. The fourth-order valence-electron chi connectivity index (χ4n) is 1.26. The number of nitrogens with two attached hydrogens (primary N) is 1. The van der Waals surface area contributed by atoms with Crippen LogP contribution < -0.4 is 16.5 Å². The minimum atomic E-state index is 0.367. The number of rotatable bonds is 6. The zero-order valence-electron chi connectivity index (χ0n) is 11.3. The lowest BCUT2D eigenvalue weighted by Gasteiger charge is -2.09. The predicted octanol–water partition coefficient (Wildman–Crippen LogP) is 2.37. The van der Waals surface area contributed by atoms with Crippen LogP contribution in [-0.2, 0) is 4.74 Å². The maximum atomic E-state index is 5.47. The van der Waals surface area contributed by atoms with Gasteiger partial charge in [-0.05, 0) is 26.0 Å². The Kier molecular flexibility index (Phi) is 6.02. The van der Waals surface area contributed by atoms with Crippen LogP contribution in [0.5, 0.6) is 0 Å². The Hall–Kier alpha value is -2.43. The summed E-state index contributed by atoms with van der Waals surface area (Å²) in [6, 6.07) is 9.65. The van der Waals surface area contributed by atoms with Gasteiger partial charge in [0.1, 0.15) is 0 Å². The standard InChI is InChI=1S/C14H20N4O/c1-4-19-14(11(2)10-16-12(3)15)18-17-13-8-6-5-7-9-13/h5-10,16-17H,3-4,15H2,1-2H3/b11-10+,18-14+. The number of nitrogens with zero attached hydrogens (tertiary/aromatic N) is 1. The second-order valence-corrected chi connectivity index (χ2v) is 3.82. The highest BCUT2D eigenvalue weighted by molar-refractivity contribution is 5.93. The maximum absolute atomic E-state index is 5.47. The van der Waals surface area contributed by atoms with Crippen molar-refractivity contribution in [3.63, 3.8) is 0 Å². The van der Waals surface area contributed by atoms with E-state index in [-0.39, 0.29) is 0 Å². The molecule has 0 unspecified atom stereocenters. The molecule has 0 aromatic heterocycles. The summed E-state index contributed by atoms with van der Waals surface area (Å²) in [6.07, 6.45) is 1.70. The van der Waals surface area contributed by atoms with E-state index in [4.69, 9.17) is 10.5 Å². The van der Waals surface area contributed by atoms with Crippen LogP contribution >= 0.6 is 0 Å². The average molecular weight is 260 g/mol. The number of hydrogen-bond acceptors (Lipinski definition) is 5. The van der Waals surface area contributed by atoms with Crippen LogP contribution in [0.15, 0.2) is 59.6 Å². The van der Waals surface area contributed by atoms with Gasteiger partial charge in [0.25, 0.3) is 0 Å². The molecule has 0 heterocycles. The van der Waals surface area contributed by atoms with E-state index in [0.29, 0.717) is 18.3 Å². The van der Waals surface area contributed by atoms with Crippen molar-refractivity contribution in [2.45, 2.75) is 13.8 Å². The van der Waals surface area contributed by atoms with E-state index in [0.717, 1.165) is 11.3 Å². The van der Waals surface area contributed by atoms with Crippen molar-refractivity contribution in [1.29, 1.82) is 0 Å². The fourth-order valence-corrected chi connectivity index (χ4v) is 1.26. The summed E-state index contributed by atoms with van der Waals surface area (Å²) in [5.41, 5.74) is 10.1. The molecule has 0 amide bonds. The zero-order valence-corrected chi connectivity index (χ0v) is 11.3. The van der Waals surface area contributed by atoms with E-state index in [1.807, 2.05) is 44.2 Å². The van der Waals surface area contributed by atoms with Crippen LogP contribution in [-0.4, -0.2) is 12.5 Å².